The molecule has 1 heterocycles. The van der Waals surface area contributed by atoms with E-state index in [-0.39, 0.29) is 18.6 Å². The quantitative estimate of drug-likeness (QED) is 0.746. The number of esters is 1. The van der Waals surface area contributed by atoms with E-state index < -0.39 is 30.1 Å². The Morgan fingerprint density at radius 2 is 1.80 bits per heavy atom. The fraction of sp³-hybridized carbons (Fsp3) is 0.944. The summed E-state index contributed by atoms with van der Waals surface area (Å²) in [6.45, 7) is 1.60. The zero-order chi connectivity index (χ0) is 18.4. The molecule has 1 N–H and O–H groups in total. The van der Waals surface area contributed by atoms with Gasteiger partial charge in [0.2, 0.25) is 0 Å². The minimum atomic E-state index is -1.45. The molecular formula is C18H32O7. The number of carbonyl (C=O) groups is 1. The topological polar surface area (TPSA) is 83.5 Å². The van der Waals surface area contributed by atoms with Gasteiger partial charge in [-0.15, -0.1) is 0 Å². The number of aliphatic hydroxyl groups is 1. The van der Waals surface area contributed by atoms with Crippen molar-refractivity contribution in [1.29, 1.82) is 0 Å². The maximum atomic E-state index is 11.8. The van der Waals surface area contributed by atoms with E-state index in [2.05, 4.69) is 0 Å². The summed E-state index contributed by atoms with van der Waals surface area (Å²) in [5, 5.41) is 11.8. The molecule has 25 heavy (non-hydrogen) atoms. The van der Waals surface area contributed by atoms with E-state index in [1.54, 1.807) is 14.2 Å². The predicted molar refractivity (Wildman–Crippen MR) is 90.0 cm³/mol. The second-order valence-corrected chi connectivity index (χ2v) is 6.97. The highest BCUT2D eigenvalue weighted by Crippen LogP contribution is 2.43. The summed E-state index contributed by atoms with van der Waals surface area (Å²) in [4.78, 5) is 11.7. The van der Waals surface area contributed by atoms with Crippen LogP contribution in [0.4, 0.5) is 0 Å². The molecule has 2 bridgehead atoms. The van der Waals surface area contributed by atoms with Crippen LogP contribution in [-0.2, 0) is 28.5 Å². The van der Waals surface area contributed by atoms with E-state index in [9.17, 15) is 9.90 Å². The summed E-state index contributed by atoms with van der Waals surface area (Å²) in [5.41, 5.74) is -1.45. The number of hydrogen-bond acceptors (Lipinski definition) is 7. The van der Waals surface area contributed by atoms with Crippen molar-refractivity contribution in [3.05, 3.63) is 0 Å². The molecule has 7 heteroatoms. The van der Waals surface area contributed by atoms with Gasteiger partial charge in [-0.3, -0.25) is 4.79 Å². The van der Waals surface area contributed by atoms with E-state index in [1.807, 2.05) is 0 Å². The van der Waals surface area contributed by atoms with Crippen LogP contribution in [0.3, 0.4) is 0 Å². The minimum Gasteiger partial charge on any atom is -0.454 e. The first-order valence-corrected chi connectivity index (χ1v) is 9.08. The molecular weight excluding hydrogens is 328 g/mol. The Balaban J connectivity index is 2.48. The molecule has 1 saturated carbocycles. The van der Waals surface area contributed by atoms with Crippen LogP contribution < -0.4 is 0 Å². The first kappa shape index (κ1) is 20.6. The van der Waals surface area contributed by atoms with Gasteiger partial charge in [-0.05, 0) is 12.8 Å². The number of fused-ring (bicyclic) bond motifs is 2. The average molecular weight is 360 g/mol. The molecule has 0 unspecified atom stereocenters. The monoisotopic (exact) mass is 360 g/mol. The van der Waals surface area contributed by atoms with Gasteiger partial charge < -0.3 is 28.8 Å². The molecule has 0 spiro atoms. The lowest BCUT2D eigenvalue weighted by atomic mass is 9.70. The number of carbonyl (C=O) groups excluding carboxylic acids is 1. The second kappa shape index (κ2) is 9.28. The molecule has 146 valence electrons. The van der Waals surface area contributed by atoms with Crippen LogP contribution in [0.15, 0.2) is 0 Å². The van der Waals surface area contributed by atoms with Gasteiger partial charge in [0.25, 0.3) is 0 Å². The first-order valence-electron chi connectivity index (χ1n) is 9.08. The summed E-state index contributed by atoms with van der Waals surface area (Å²) >= 11 is 0. The van der Waals surface area contributed by atoms with Crippen molar-refractivity contribution in [2.75, 3.05) is 27.9 Å². The number of rotatable bonds is 5. The number of hydrogen-bond donors (Lipinski definition) is 1. The molecule has 0 aromatic carbocycles. The van der Waals surface area contributed by atoms with Crippen molar-refractivity contribution in [1.82, 2.24) is 0 Å². The Bertz CT molecular complexity index is 430. The van der Waals surface area contributed by atoms with Crippen molar-refractivity contribution in [2.24, 2.45) is 5.92 Å². The second-order valence-electron chi connectivity index (χ2n) is 6.97. The molecule has 6 atom stereocenters. The molecule has 1 aliphatic carbocycles. The molecule has 2 fully saturated rings. The Kier molecular flexibility index (Phi) is 7.64. The molecule has 0 aromatic heterocycles. The summed E-state index contributed by atoms with van der Waals surface area (Å²) in [7, 11) is 4.66. The lowest BCUT2D eigenvalue weighted by Gasteiger charge is -2.53. The van der Waals surface area contributed by atoms with Crippen LogP contribution in [0.5, 0.6) is 0 Å². The zero-order valence-corrected chi connectivity index (χ0v) is 15.7. The van der Waals surface area contributed by atoms with Crippen LogP contribution >= 0.6 is 0 Å². The molecule has 0 amide bonds. The van der Waals surface area contributed by atoms with E-state index >= 15 is 0 Å². The van der Waals surface area contributed by atoms with Gasteiger partial charge in [0.1, 0.15) is 5.60 Å². The molecule has 0 aromatic rings. The standard InChI is InChI=1S/C18H32O7/c1-12(19)24-16-17(23-4)25-14-9-7-5-6-8-10-15(22-3)18(16,20)13(14)11-21-2/h13-17,20H,5-11H2,1-4H3/t13-,14+,15+,16-,17-,18-/m1/s1. The molecule has 2 rings (SSSR count). The Morgan fingerprint density at radius 1 is 1.12 bits per heavy atom. The smallest absolute Gasteiger partial charge is 0.303 e. The molecule has 7 nitrogen and oxygen atoms in total. The van der Waals surface area contributed by atoms with Gasteiger partial charge in [-0.25, -0.2) is 0 Å². The van der Waals surface area contributed by atoms with Crippen LogP contribution in [0.25, 0.3) is 0 Å². The van der Waals surface area contributed by atoms with Crippen molar-refractivity contribution < 1.29 is 33.6 Å². The van der Waals surface area contributed by atoms with Gasteiger partial charge in [-0.2, -0.15) is 0 Å². The van der Waals surface area contributed by atoms with Crippen LogP contribution in [0.2, 0.25) is 0 Å². The van der Waals surface area contributed by atoms with Gasteiger partial charge in [0, 0.05) is 34.2 Å². The van der Waals surface area contributed by atoms with Gasteiger partial charge >= 0.3 is 5.97 Å². The molecule has 1 aliphatic heterocycles. The van der Waals surface area contributed by atoms with E-state index in [4.69, 9.17) is 23.7 Å². The van der Waals surface area contributed by atoms with Crippen molar-refractivity contribution in [2.45, 2.75) is 75.7 Å². The molecule has 0 radical (unpaired) electrons. The van der Waals surface area contributed by atoms with Crippen LogP contribution in [-0.4, -0.2) is 69.2 Å². The maximum Gasteiger partial charge on any atom is 0.303 e. The highest BCUT2D eigenvalue weighted by molar-refractivity contribution is 5.66. The lowest BCUT2D eigenvalue weighted by molar-refractivity contribution is -0.339. The Morgan fingerprint density at radius 3 is 2.36 bits per heavy atom. The summed E-state index contributed by atoms with van der Waals surface area (Å²) in [6.07, 6.45) is 3.02. The zero-order valence-electron chi connectivity index (χ0n) is 15.7. The van der Waals surface area contributed by atoms with Gasteiger partial charge in [0.05, 0.1) is 18.8 Å². The number of methoxy groups -OCH3 is 3. The third kappa shape index (κ3) is 4.34. The molecule has 2 aliphatic rings. The van der Waals surface area contributed by atoms with E-state index in [1.165, 1.54) is 14.0 Å². The summed E-state index contributed by atoms with van der Waals surface area (Å²) < 4.78 is 28.1. The van der Waals surface area contributed by atoms with Gasteiger partial charge in [-0.1, -0.05) is 25.7 Å². The Hall–Kier alpha value is -0.730. The highest BCUT2D eigenvalue weighted by Gasteiger charge is 2.61. The van der Waals surface area contributed by atoms with Gasteiger partial charge in [0.15, 0.2) is 12.4 Å². The third-order valence-electron chi connectivity index (χ3n) is 5.43. The fourth-order valence-electron chi connectivity index (χ4n) is 4.25. The van der Waals surface area contributed by atoms with Crippen molar-refractivity contribution >= 4 is 5.97 Å². The van der Waals surface area contributed by atoms with Crippen LogP contribution in [0.1, 0.15) is 45.4 Å². The lowest BCUT2D eigenvalue weighted by Crippen LogP contribution is -2.70. The average Bonchev–Trinajstić information content (AvgIpc) is 2.58. The fourth-order valence-corrected chi connectivity index (χ4v) is 4.25. The van der Waals surface area contributed by atoms with E-state index in [0.29, 0.717) is 6.42 Å². The van der Waals surface area contributed by atoms with Crippen molar-refractivity contribution in [3.63, 3.8) is 0 Å². The predicted octanol–water partition coefficient (Wildman–Crippen LogP) is 1.65. The summed E-state index contributed by atoms with van der Waals surface area (Å²) in [6, 6.07) is 0. The SMILES string of the molecule is COC[C@@H]1[C@@H]2CCCCCC[C@H](OC)[C@@]1(O)[C@H](OC(C)=O)[C@H](OC)O2. The third-order valence-corrected chi connectivity index (χ3v) is 5.43. The Labute approximate surface area is 149 Å². The minimum absolute atomic E-state index is 0.252. The molecule has 1 saturated heterocycles. The van der Waals surface area contributed by atoms with E-state index in [0.717, 1.165) is 32.1 Å². The maximum absolute atomic E-state index is 11.8. The normalized spacial score (nSPS) is 39.6. The highest BCUT2D eigenvalue weighted by atomic mass is 16.7. The number of ether oxygens (including phenoxy) is 5. The first-order chi connectivity index (χ1) is 12.0. The van der Waals surface area contributed by atoms with Crippen molar-refractivity contribution in [3.8, 4) is 0 Å². The van der Waals surface area contributed by atoms with Crippen LogP contribution in [0, 0.1) is 5.92 Å². The summed E-state index contributed by atoms with van der Waals surface area (Å²) in [5.74, 6) is -0.873. The largest absolute Gasteiger partial charge is 0.454 e.